The van der Waals surface area contributed by atoms with Crippen molar-refractivity contribution in [1.82, 2.24) is 14.7 Å². The van der Waals surface area contributed by atoms with Crippen LogP contribution in [0.5, 0.6) is 0 Å². The van der Waals surface area contributed by atoms with Crippen molar-refractivity contribution < 1.29 is 9.90 Å². The summed E-state index contributed by atoms with van der Waals surface area (Å²) in [5, 5.41) is 14.8. The number of hydrogen-bond acceptors (Lipinski definition) is 4. The number of nitrogens with zero attached hydrogens (tertiary/aromatic N) is 3. The summed E-state index contributed by atoms with van der Waals surface area (Å²) in [5.41, 5.74) is 7.01. The summed E-state index contributed by atoms with van der Waals surface area (Å²) in [4.78, 5) is 14.2. The predicted octanol–water partition coefficient (Wildman–Crippen LogP) is 1.92. The largest absolute Gasteiger partial charge is 0.389 e. The molecule has 6 heteroatoms. The molecule has 25 heavy (non-hydrogen) atoms. The second-order valence-corrected chi connectivity index (χ2v) is 7.46. The zero-order valence-corrected chi connectivity index (χ0v) is 14.9. The molecule has 6 nitrogen and oxygen atoms in total. The van der Waals surface area contributed by atoms with Gasteiger partial charge in [0.25, 0.3) is 5.91 Å². The van der Waals surface area contributed by atoms with Crippen molar-refractivity contribution in [3.63, 3.8) is 0 Å². The predicted molar refractivity (Wildman–Crippen MR) is 96.8 cm³/mol. The molecule has 2 aromatic rings. The number of piperidine rings is 1. The number of hydrogen-bond donors (Lipinski definition) is 2. The fraction of sp³-hybridized carbons (Fsp3) is 0.474. The molecule has 1 aromatic heterocycles. The average molecular weight is 342 g/mol. The van der Waals surface area contributed by atoms with Gasteiger partial charge in [-0.25, -0.2) is 4.68 Å². The molecule has 3 rings (SSSR count). The lowest BCUT2D eigenvalue weighted by Gasteiger charge is -2.35. The lowest BCUT2D eigenvalue weighted by molar-refractivity contribution is 0.0268. The normalized spacial score (nSPS) is 19.1. The maximum Gasteiger partial charge on any atom is 0.252 e. The molecular weight excluding hydrogens is 316 g/mol. The van der Waals surface area contributed by atoms with E-state index in [0.29, 0.717) is 12.1 Å². The van der Waals surface area contributed by atoms with Gasteiger partial charge in [-0.3, -0.25) is 9.69 Å². The Kier molecular flexibility index (Phi) is 4.92. The Balaban J connectivity index is 1.88. The Bertz CT molecular complexity index is 734. The first-order valence-corrected chi connectivity index (χ1v) is 8.73. The first-order valence-electron chi connectivity index (χ1n) is 8.73. The van der Waals surface area contributed by atoms with Crippen LogP contribution < -0.4 is 5.73 Å². The Hall–Kier alpha value is -2.18. The number of carbonyl (C=O) groups is 1. The topological polar surface area (TPSA) is 84.4 Å². The molecule has 2 heterocycles. The van der Waals surface area contributed by atoms with Gasteiger partial charge in [0.05, 0.1) is 22.5 Å². The minimum atomic E-state index is -0.738. The molecule has 1 aliphatic rings. The molecule has 0 spiro atoms. The summed E-state index contributed by atoms with van der Waals surface area (Å²) in [5.74, 6) is -0.305. The fourth-order valence-corrected chi connectivity index (χ4v) is 3.56. The van der Waals surface area contributed by atoms with Gasteiger partial charge in [-0.2, -0.15) is 5.10 Å². The summed E-state index contributed by atoms with van der Waals surface area (Å²) >= 11 is 0. The van der Waals surface area contributed by atoms with Crippen LogP contribution >= 0.6 is 0 Å². The van der Waals surface area contributed by atoms with Crippen LogP contribution in [-0.4, -0.2) is 50.9 Å². The van der Waals surface area contributed by atoms with Crippen LogP contribution in [0.25, 0.3) is 5.69 Å². The summed E-state index contributed by atoms with van der Waals surface area (Å²) in [7, 11) is 0. The molecule has 0 aliphatic carbocycles. The number of β-amino-alcohol motifs (C(OH)–C–C–N with tert-alkyl or cyclic N) is 1. The molecule has 0 unspecified atom stereocenters. The molecule has 0 radical (unpaired) electrons. The van der Waals surface area contributed by atoms with E-state index in [1.165, 1.54) is 0 Å². The zero-order chi connectivity index (χ0) is 18.0. The summed E-state index contributed by atoms with van der Waals surface area (Å²) < 4.78 is 1.73. The van der Waals surface area contributed by atoms with E-state index in [2.05, 4.69) is 10.00 Å². The number of aromatic nitrogens is 2. The second kappa shape index (κ2) is 6.98. The molecule has 1 amide bonds. The number of benzene rings is 1. The van der Waals surface area contributed by atoms with Crippen molar-refractivity contribution in [2.75, 3.05) is 19.6 Å². The van der Waals surface area contributed by atoms with Crippen LogP contribution in [0.1, 0.15) is 48.7 Å². The fourth-order valence-electron chi connectivity index (χ4n) is 3.56. The van der Waals surface area contributed by atoms with Gasteiger partial charge in [-0.1, -0.05) is 18.2 Å². The van der Waals surface area contributed by atoms with Gasteiger partial charge in [0.15, 0.2) is 0 Å². The third-order valence-electron chi connectivity index (χ3n) is 4.53. The van der Waals surface area contributed by atoms with Crippen LogP contribution in [0.15, 0.2) is 36.5 Å². The van der Waals surface area contributed by atoms with Crippen molar-refractivity contribution in [3.05, 3.63) is 47.8 Å². The lowest BCUT2D eigenvalue weighted by Crippen LogP contribution is -2.43. The first-order chi connectivity index (χ1) is 11.8. The summed E-state index contributed by atoms with van der Waals surface area (Å²) in [6, 6.07) is 9.71. The quantitative estimate of drug-likeness (QED) is 0.869. The van der Waals surface area contributed by atoms with E-state index in [9.17, 15) is 9.90 Å². The van der Waals surface area contributed by atoms with Gasteiger partial charge in [0, 0.05) is 25.2 Å². The first kappa shape index (κ1) is 17.6. The van der Waals surface area contributed by atoms with Gasteiger partial charge in [0.1, 0.15) is 0 Å². The molecule has 0 bridgehead atoms. The number of nitrogens with two attached hydrogens (primary N) is 1. The third kappa shape index (κ3) is 4.27. The van der Waals surface area contributed by atoms with Crippen LogP contribution in [0.2, 0.25) is 0 Å². The van der Waals surface area contributed by atoms with E-state index in [4.69, 9.17) is 5.73 Å². The standard InChI is InChI=1S/C19H26N4O2/c1-19(2,25)13-22-10-6-7-14(11-22)17-16(18(20)24)12-23(21-17)15-8-4-3-5-9-15/h3-5,8-9,12,14,25H,6-7,10-11,13H2,1-2H3,(H2,20,24)/t14-/m1/s1. The second-order valence-electron chi connectivity index (χ2n) is 7.46. The molecule has 3 N–H and O–H groups in total. The van der Waals surface area contributed by atoms with Crippen molar-refractivity contribution in [2.45, 2.75) is 38.2 Å². The van der Waals surface area contributed by atoms with E-state index >= 15 is 0 Å². The number of aliphatic hydroxyl groups is 1. The van der Waals surface area contributed by atoms with Crippen LogP contribution in [-0.2, 0) is 0 Å². The van der Waals surface area contributed by atoms with Crippen molar-refractivity contribution in [1.29, 1.82) is 0 Å². The van der Waals surface area contributed by atoms with E-state index in [-0.39, 0.29) is 5.92 Å². The van der Waals surface area contributed by atoms with Gasteiger partial charge >= 0.3 is 0 Å². The number of likely N-dealkylation sites (tertiary alicyclic amines) is 1. The number of para-hydroxylation sites is 1. The van der Waals surface area contributed by atoms with Gasteiger partial charge in [-0.05, 0) is 45.4 Å². The van der Waals surface area contributed by atoms with E-state index in [1.54, 1.807) is 10.9 Å². The molecule has 1 atom stereocenters. The van der Waals surface area contributed by atoms with Gasteiger partial charge in [-0.15, -0.1) is 0 Å². The number of amides is 1. The average Bonchev–Trinajstić information content (AvgIpc) is 3.00. The van der Waals surface area contributed by atoms with Gasteiger partial charge < -0.3 is 10.8 Å². The Morgan fingerprint density at radius 2 is 2.08 bits per heavy atom. The van der Waals surface area contributed by atoms with Crippen LogP contribution in [0.4, 0.5) is 0 Å². The number of carbonyl (C=O) groups excluding carboxylic acids is 1. The highest BCUT2D eigenvalue weighted by Gasteiger charge is 2.29. The highest BCUT2D eigenvalue weighted by Crippen LogP contribution is 2.29. The third-order valence-corrected chi connectivity index (χ3v) is 4.53. The molecule has 1 aromatic carbocycles. The van der Waals surface area contributed by atoms with Gasteiger partial charge in [0.2, 0.25) is 0 Å². The smallest absolute Gasteiger partial charge is 0.252 e. The number of primary amides is 1. The van der Waals surface area contributed by atoms with Crippen molar-refractivity contribution >= 4 is 5.91 Å². The Labute approximate surface area is 148 Å². The van der Waals surface area contributed by atoms with Crippen molar-refractivity contribution in [3.8, 4) is 5.69 Å². The molecular formula is C19H26N4O2. The molecule has 0 saturated carbocycles. The maximum atomic E-state index is 11.9. The Morgan fingerprint density at radius 3 is 2.72 bits per heavy atom. The van der Waals surface area contributed by atoms with E-state index in [1.807, 2.05) is 44.2 Å². The number of rotatable bonds is 5. The SMILES string of the molecule is CC(C)(O)CN1CCC[C@@H](c2nn(-c3ccccc3)cc2C(N)=O)C1. The molecule has 1 fully saturated rings. The van der Waals surface area contributed by atoms with E-state index in [0.717, 1.165) is 37.3 Å². The summed E-state index contributed by atoms with van der Waals surface area (Å²) in [6.45, 7) is 5.96. The molecule has 134 valence electrons. The monoisotopic (exact) mass is 342 g/mol. The minimum absolute atomic E-state index is 0.142. The van der Waals surface area contributed by atoms with E-state index < -0.39 is 11.5 Å². The molecule has 1 aliphatic heterocycles. The summed E-state index contributed by atoms with van der Waals surface area (Å²) in [6.07, 6.45) is 3.70. The minimum Gasteiger partial charge on any atom is -0.389 e. The van der Waals surface area contributed by atoms with Crippen LogP contribution in [0.3, 0.4) is 0 Å². The molecule has 1 saturated heterocycles. The highest BCUT2D eigenvalue weighted by atomic mass is 16.3. The van der Waals surface area contributed by atoms with Crippen LogP contribution in [0, 0.1) is 0 Å². The lowest BCUT2D eigenvalue weighted by atomic mass is 9.91. The highest BCUT2D eigenvalue weighted by molar-refractivity contribution is 5.94. The zero-order valence-electron chi connectivity index (χ0n) is 14.9. The Morgan fingerprint density at radius 1 is 1.36 bits per heavy atom. The van der Waals surface area contributed by atoms with Crippen molar-refractivity contribution in [2.24, 2.45) is 5.73 Å². The maximum absolute atomic E-state index is 11.9.